The van der Waals surface area contributed by atoms with Crippen molar-refractivity contribution >= 4 is 5.91 Å². The quantitative estimate of drug-likeness (QED) is 0.328. The summed E-state index contributed by atoms with van der Waals surface area (Å²) in [6, 6.07) is 4.27. The Morgan fingerprint density at radius 2 is 1.90 bits per heavy atom. The lowest BCUT2D eigenvalue weighted by Gasteiger charge is -2.55. The smallest absolute Gasteiger partial charge is 0.259 e. The Hall–Kier alpha value is -1.50. The second-order valence-electron chi connectivity index (χ2n) is 9.69. The molecule has 3 aliphatic rings. The predicted octanol–water partition coefficient (Wildman–Crippen LogP) is 4.11. The first-order chi connectivity index (χ1) is 15.2. The van der Waals surface area contributed by atoms with Crippen molar-refractivity contribution in [3.05, 3.63) is 29.6 Å². The molecule has 2 heterocycles. The standard InChI is InChI=1S/C25H38N2O4/c1-29-17-27-23(12-11-19-5-3-6-19)25(24(27)28,31-18-30-2)16-22-15-21(13-14-26-22)8-4-7-20-9-10-20/h13-15,19-20,23H,3-12,16-18H2,1-2H3/t23-,25+/m0/s1. The largest absolute Gasteiger partial charge is 0.364 e. The van der Waals surface area contributed by atoms with E-state index in [0.29, 0.717) is 13.2 Å². The van der Waals surface area contributed by atoms with Gasteiger partial charge < -0.3 is 19.1 Å². The number of aromatic nitrogens is 1. The molecule has 1 aromatic rings. The summed E-state index contributed by atoms with van der Waals surface area (Å²) in [4.78, 5) is 19.7. The summed E-state index contributed by atoms with van der Waals surface area (Å²) in [5.41, 5.74) is 1.33. The number of pyridine rings is 1. The number of likely N-dealkylation sites (tertiary alicyclic amines) is 1. The van der Waals surface area contributed by atoms with Gasteiger partial charge in [-0.2, -0.15) is 0 Å². The molecule has 172 valence electrons. The SMILES string of the molecule is COCO[C@@]1(Cc2cc(CCCC3CC3)ccn2)C(=O)N(COC)[C@H]1CCC1CCC1. The number of amides is 1. The number of carbonyl (C=O) groups is 1. The third-order valence-corrected chi connectivity index (χ3v) is 7.41. The van der Waals surface area contributed by atoms with Crippen molar-refractivity contribution in [2.45, 2.75) is 82.3 Å². The summed E-state index contributed by atoms with van der Waals surface area (Å²) in [5.74, 6) is 1.74. The Balaban J connectivity index is 1.47. The van der Waals surface area contributed by atoms with Crippen molar-refractivity contribution in [2.24, 2.45) is 11.8 Å². The van der Waals surface area contributed by atoms with Crippen LogP contribution in [0.15, 0.2) is 18.3 Å². The number of methoxy groups -OCH3 is 2. The van der Waals surface area contributed by atoms with Gasteiger partial charge in [0.1, 0.15) is 13.5 Å². The van der Waals surface area contributed by atoms with Crippen LogP contribution in [0.2, 0.25) is 0 Å². The first kappa shape index (κ1) is 22.7. The molecule has 0 unspecified atom stereocenters. The van der Waals surface area contributed by atoms with E-state index in [1.54, 1.807) is 14.2 Å². The van der Waals surface area contributed by atoms with E-state index >= 15 is 0 Å². The van der Waals surface area contributed by atoms with Crippen LogP contribution < -0.4 is 0 Å². The zero-order valence-corrected chi connectivity index (χ0v) is 19.2. The summed E-state index contributed by atoms with van der Waals surface area (Å²) in [6.45, 7) is 0.411. The fraction of sp³-hybridized carbons (Fsp3) is 0.760. The monoisotopic (exact) mass is 430 g/mol. The Labute approximate surface area is 186 Å². The molecule has 0 bridgehead atoms. The van der Waals surface area contributed by atoms with Gasteiger partial charge in [-0.05, 0) is 55.2 Å². The molecule has 4 rings (SSSR count). The molecule has 1 aliphatic heterocycles. The minimum atomic E-state index is -0.905. The van der Waals surface area contributed by atoms with E-state index in [2.05, 4.69) is 17.1 Å². The Kier molecular flexibility index (Phi) is 7.62. The van der Waals surface area contributed by atoms with E-state index in [1.165, 1.54) is 50.5 Å². The molecule has 6 heteroatoms. The second kappa shape index (κ2) is 10.4. The third-order valence-electron chi connectivity index (χ3n) is 7.41. The number of rotatable bonds is 14. The number of hydrogen-bond donors (Lipinski definition) is 0. The molecule has 2 saturated carbocycles. The molecular weight excluding hydrogens is 392 g/mol. The van der Waals surface area contributed by atoms with Gasteiger partial charge in [0.2, 0.25) is 0 Å². The molecule has 0 aromatic carbocycles. The Bertz CT molecular complexity index is 734. The summed E-state index contributed by atoms with van der Waals surface area (Å²) in [7, 11) is 3.24. The number of carbonyl (C=O) groups excluding carboxylic acids is 1. The molecule has 1 aromatic heterocycles. The van der Waals surface area contributed by atoms with Gasteiger partial charge in [-0.1, -0.05) is 38.5 Å². The van der Waals surface area contributed by atoms with Crippen LogP contribution in [0.5, 0.6) is 0 Å². The normalized spacial score (nSPS) is 26.1. The maximum Gasteiger partial charge on any atom is 0.259 e. The van der Waals surface area contributed by atoms with E-state index in [1.807, 2.05) is 11.1 Å². The van der Waals surface area contributed by atoms with E-state index in [0.717, 1.165) is 36.8 Å². The summed E-state index contributed by atoms with van der Waals surface area (Å²) in [5, 5.41) is 0. The third kappa shape index (κ3) is 5.29. The average Bonchev–Trinajstić information content (AvgIpc) is 3.56. The van der Waals surface area contributed by atoms with Crippen LogP contribution in [-0.2, 0) is 31.8 Å². The van der Waals surface area contributed by atoms with Gasteiger partial charge in [-0.3, -0.25) is 9.78 Å². The van der Waals surface area contributed by atoms with Crippen molar-refractivity contribution in [3.8, 4) is 0 Å². The van der Waals surface area contributed by atoms with Gasteiger partial charge in [0.25, 0.3) is 5.91 Å². The van der Waals surface area contributed by atoms with Crippen molar-refractivity contribution in [2.75, 3.05) is 27.7 Å². The topological polar surface area (TPSA) is 60.9 Å². The van der Waals surface area contributed by atoms with Gasteiger partial charge in [0, 0.05) is 32.5 Å². The summed E-state index contributed by atoms with van der Waals surface area (Å²) in [6.07, 6.45) is 14.8. The maximum atomic E-state index is 13.3. The Morgan fingerprint density at radius 3 is 2.58 bits per heavy atom. The molecule has 1 amide bonds. The Morgan fingerprint density at radius 1 is 1.10 bits per heavy atom. The van der Waals surface area contributed by atoms with E-state index in [4.69, 9.17) is 14.2 Å². The molecule has 0 spiro atoms. The zero-order chi connectivity index (χ0) is 21.7. The van der Waals surface area contributed by atoms with Crippen LogP contribution in [0.3, 0.4) is 0 Å². The fourth-order valence-corrected chi connectivity index (χ4v) is 5.18. The first-order valence-electron chi connectivity index (χ1n) is 12.0. The molecule has 31 heavy (non-hydrogen) atoms. The van der Waals surface area contributed by atoms with Crippen LogP contribution in [0.4, 0.5) is 0 Å². The lowest BCUT2D eigenvalue weighted by atomic mass is 9.73. The van der Waals surface area contributed by atoms with E-state index in [9.17, 15) is 4.79 Å². The predicted molar refractivity (Wildman–Crippen MR) is 118 cm³/mol. The highest BCUT2D eigenvalue weighted by atomic mass is 16.7. The van der Waals surface area contributed by atoms with Gasteiger partial charge in [-0.25, -0.2) is 0 Å². The van der Waals surface area contributed by atoms with Crippen molar-refractivity contribution < 1.29 is 19.0 Å². The average molecular weight is 431 g/mol. The summed E-state index contributed by atoms with van der Waals surface area (Å²) < 4.78 is 16.7. The lowest BCUT2D eigenvalue weighted by molar-refractivity contribution is -0.234. The van der Waals surface area contributed by atoms with Gasteiger partial charge in [0.05, 0.1) is 6.04 Å². The van der Waals surface area contributed by atoms with Crippen LogP contribution in [0, 0.1) is 11.8 Å². The second-order valence-corrected chi connectivity index (χ2v) is 9.69. The van der Waals surface area contributed by atoms with Crippen LogP contribution >= 0.6 is 0 Å². The molecule has 3 fully saturated rings. The van der Waals surface area contributed by atoms with E-state index < -0.39 is 5.60 Å². The molecular formula is C25H38N2O4. The van der Waals surface area contributed by atoms with Crippen molar-refractivity contribution in [1.29, 1.82) is 0 Å². The van der Waals surface area contributed by atoms with Crippen LogP contribution in [0.1, 0.15) is 69.0 Å². The molecule has 1 saturated heterocycles. The summed E-state index contributed by atoms with van der Waals surface area (Å²) >= 11 is 0. The van der Waals surface area contributed by atoms with Gasteiger partial charge in [-0.15, -0.1) is 0 Å². The van der Waals surface area contributed by atoms with Gasteiger partial charge in [0.15, 0.2) is 5.60 Å². The van der Waals surface area contributed by atoms with Gasteiger partial charge >= 0.3 is 0 Å². The number of β-lactam (4-membered cyclic amide) rings is 1. The number of nitrogens with zero attached hydrogens (tertiary/aromatic N) is 2. The first-order valence-corrected chi connectivity index (χ1v) is 12.0. The molecule has 6 nitrogen and oxygen atoms in total. The maximum absolute atomic E-state index is 13.3. The van der Waals surface area contributed by atoms with Crippen molar-refractivity contribution in [3.63, 3.8) is 0 Å². The number of hydrogen-bond acceptors (Lipinski definition) is 5. The fourth-order valence-electron chi connectivity index (χ4n) is 5.18. The number of ether oxygens (including phenoxy) is 3. The minimum Gasteiger partial charge on any atom is -0.364 e. The van der Waals surface area contributed by atoms with Crippen LogP contribution in [0.25, 0.3) is 0 Å². The number of aryl methyl sites for hydroxylation is 1. The highest BCUT2D eigenvalue weighted by Crippen LogP contribution is 2.42. The van der Waals surface area contributed by atoms with Crippen molar-refractivity contribution in [1.82, 2.24) is 9.88 Å². The zero-order valence-electron chi connectivity index (χ0n) is 19.2. The molecule has 2 aliphatic carbocycles. The minimum absolute atomic E-state index is 0.00368. The highest BCUT2D eigenvalue weighted by molar-refractivity contribution is 5.93. The lowest BCUT2D eigenvalue weighted by Crippen LogP contribution is -2.76. The van der Waals surface area contributed by atoms with Crippen LogP contribution in [-0.4, -0.2) is 55.2 Å². The van der Waals surface area contributed by atoms with E-state index in [-0.39, 0.29) is 18.7 Å². The highest BCUT2D eigenvalue weighted by Gasteiger charge is 2.61. The molecule has 0 radical (unpaired) electrons. The molecule has 0 N–H and O–H groups in total. The molecule has 2 atom stereocenters.